The number of rotatable bonds is 6. The van der Waals surface area contributed by atoms with Gasteiger partial charge in [0.15, 0.2) is 0 Å². The van der Waals surface area contributed by atoms with Gasteiger partial charge in [-0.25, -0.2) is 0 Å². The monoisotopic (exact) mass is 811 g/mol. The van der Waals surface area contributed by atoms with Crippen LogP contribution in [0.25, 0.3) is 66.4 Å². The Kier molecular flexibility index (Phi) is 8.83. The minimum atomic E-state index is -0.183. The maximum absolute atomic E-state index is 2.51. The third kappa shape index (κ3) is 6.20. The van der Waals surface area contributed by atoms with Gasteiger partial charge in [-0.15, -0.1) is 0 Å². The molecule has 2 aliphatic carbocycles. The van der Waals surface area contributed by atoms with Crippen LogP contribution in [0.15, 0.2) is 194 Å². The fraction of sp³-hybridized carbons (Fsp3) is 0.161. The second kappa shape index (κ2) is 14.3. The summed E-state index contributed by atoms with van der Waals surface area (Å²) in [4.78, 5) is 2.51. The molecule has 1 nitrogen and oxygen atoms in total. The summed E-state index contributed by atoms with van der Waals surface area (Å²) >= 11 is 0. The topological polar surface area (TPSA) is 3.24 Å². The average molecular weight is 812 g/mol. The van der Waals surface area contributed by atoms with Gasteiger partial charge in [-0.3, -0.25) is 0 Å². The molecular formula is C62H53N. The first-order valence-corrected chi connectivity index (χ1v) is 22.5. The second-order valence-corrected chi connectivity index (χ2v) is 19.8. The van der Waals surface area contributed by atoms with Crippen LogP contribution in [0.4, 0.5) is 17.1 Å². The van der Waals surface area contributed by atoms with Crippen molar-refractivity contribution in [1.82, 2.24) is 0 Å². The van der Waals surface area contributed by atoms with Crippen molar-refractivity contribution in [3.05, 3.63) is 222 Å². The van der Waals surface area contributed by atoms with Crippen LogP contribution in [-0.2, 0) is 16.2 Å². The van der Waals surface area contributed by atoms with E-state index in [0.29, 0.717) is 0 Å². The highest BCUT2D eigenvalue weighted by molar-refractivity contribution is 6.08. The van der Waals surface area contributed by atoms with Gasteiger partial charge in [-0.2, -0.15) is 0 Å². The highest BCUT2D eigenvalue weighted by Crippen LogP contribution is 2.56. The summed E-state index contributed by atoms with van der Waals surface area (Å²) in [7, 11) is 0. The van der Waals surface area contributed by atoms with E-state index >= 15 is 0 Å². The van der Waals surface area contributed by atoms with Gasteiger partial charge in [-0.1, -0.05) is 212 Å². The van der Waals surface area contributed by atoms with Crippen molar-refractivity contribution in [2.24, 2.45) is 0 Å². The quantitative estimate of drug-likeness (QED) is 0.162. The Balaban J connectivity index is 1.08. The average Bonchev–Trinajstić information content (AvgIpc) is 3.68. The molecule has 0 fully saturated rings. The Morgan fingerprint density at radius 3 is 1.52 bits per heavy atom. The molecule has 0 unspecified atom stereocenters. The predicted molar refractivity (Wildman–Crippen MR) is 269 cm³/mol. The van der Waals surface area contributed by atoms with Crippen LogP contribution in [0.2, 0.25) is 0 Å². The van der Waals surface area contributed by atoms with Crippen molar-refractivity contribution < 1.29 is 0 Å². The van der Waals surface area contributed by atoms with E-state index in [1.165, 1.54) is 94.2 Å². The summed E-state index contributed by atoms with van der Waals surface area (Å²) in [6.45, 7) is 16.3. The lowest BCUT2D eigenvalue weighted by Gasteiger charge is -2.31. The van der Waals surface area contributed by atoms with Gasteiger partial charge in [0.25, 0.3) is 0 Å². The Bertz CT molecular complexity index is 3230. The Hall–Kier alpha value is -6.96. The van der Waals surface area contributed by atoms with Crippen molar-refractivity contribution in [3.63, 3.8) is 0 Å². The molecule has 0 N–H and O–H groups in total. The number of anilines is 3. The van der Waals surface area contributed by atoms with Gasteiger partial charge in [0.1, 0.15) is 0 Å². The molecule has 9 aromatic carbocycles. The molecule has 306 valence electrons. The summed E-state index contributed by atoms with van der Waals surface area (Å²) < 4.78 is 0. The first kappa shape index (κ1) is 38.9. The van der Waals surface area contributed by atoms with Crippen molar-refractivity contribution in [1.29, 1.82) is 0 Å². The maximum atomic E-state index is 2.51. The van der Waals surface area contributed by atoms with Crippen LogP contribution in [0.5, 0.6) is 0 Å². The number of hydrogen-bond donors (Lipinski definition) is 0. The normalized spacial score (nSPS) is 14.2. The number of hydrogen-bond acceptors (Lipinski definition) is 1. The third-order valence-electron chi connectivity index (χ3n) is 14.3. The van der Waals surface area contributed by atoms with E-state index in [4.69, 9.17) is 0 Å². The second-order valence-electron chi connectivity index (χ2n) is 19.8. The van der Waals surface area contributed by atoms with Gasteiger partial charge < -0.3 is 4.90 Å². The van der Waals surface area contributed by atoms with E-state index in [2.05, 4.69) is 247 Å². The summed E-state index contributed by atoms with van der Waals surface area (Å²) in [5, 5.41) is 2.48. The van der Waals surface area contributed by atoms with E-state index in [9.17, 15) is 0 Å². The number of benzene rings is 9. The summed E-state index contributed by atoms with van der Waals surface area (Å²) in [5.41, 5.74) is 22.8. The fourth-order valence-corrected chi connectivity index (χ4v) is 10.9. The molecule has 1 heteroatoms. The van der Waals surface area contributed by atoms with Gasteiger partial charge in [0.05, 0.1) is 5.69 Å². The first-order valence-electron chi connectivity index (χ1n) is 22.5. The zero-order valence-corrected chi connectivity index (χ0v) is 37.4. The Morgan fingerprint density at radius 2 is 0.873 bits per heavy atom. The molecule has 0 saturated heterocycles. The largest absolute Gasteiger partial charge is 0.310 e. The van der Waals surface area contributed by atoms with E-state index in [0.717, 1.165) is 17.1 Å². The molecule has 0 bridgehead atoms. The van der Waals surface area contributed by atoms with Gasteiger partial charge in [0.2, 0.25) is 0 Å². The minimum absolute atomic E-state index is 0.0817. The summed E-state index contributed by atoms with van der Waals surface area (Å²) in [6, 6.07) is 72.9. The zero-order valence-electron chi connectivity index (χ0n) is 37.4. The van der Waals surface area contributed by atoms with E-state index in [1.54, 1.807) is 0 Å². The van der Waals surface area contributed by atoms with Crippen molar-refractivity contribution in [2.75, 3.05) is 4.90 Å². The lowest BCUT2D eigenvalue weighted by atomic mass is 9.78. The molecule has 0 amide bonds. The smallest absolute Gasteiger partial charge is 0.0546 e. The van der Waals surface area contributed by atoms with Gasteiger partial charge >= 0.3 is 0 Å². The highest BCUT2D eigenvalue weighted by Gasteiger charge is 2.39. The third-order valence-corrected chi connectivity index (χ3v) is 14.3. The molecule has 0 spiro atoms. The summed E-state index contributed by atoms with van der Waals surface area (Å²) in [6.07, 6.45) is 0. The van der Waals surface area contributed by atoms with E-state index < -0.39 is 0 Å². The van der Waals surface area contributed by atoms with Gasteiger partial charge in [-0.05, 0) is 124 Å². The van der Waals surface area contributed by atoms with E-state index in [-0.39, 0.29) is 16.2 Å². The molecule has 9 aromatic rings. The molecule has 0 aliphatic heterocycles. The zero-order chi connectivity index (χ0) is 43.3. The molecule has 0 saturated carbocycles. The predicted octanol–water partition coefficient (Wildman–Crippen LogP) is 17.2. The highest BCUT2D eigenvalue weighted by atomic mass is 15.1. The standard InChI is InChI=1S/C62H53N/c1-60(2,3)45-32-27-42(28-33-45)40-23-25-41(26-24-40)43-29-34-46(35-30-43)63(47-36-37-56-53(39-47)50-18-11-12-21-54(50)61(56,4)5)57-38-31-44-15-8-9-16-48(44)58(57)52-20-14-19-51-49-17-10-13-22-55(49)62(6,7)59(51)52/h8-39H,1-7H3. The number of nitrogens with zero attached hydrogens (tertiary/aromatic N) is 1. The molecule has 0 atom stereocenters. The molecule has 63 heavy (non-hydrogen) atoms. The lowest BCUT2D eigenvalue weighted by molar-refractivity contribution is 0.590. The SMILES string of the molecule is CC(C)(C)c1ccc(-c2ccc(-c3ccc(N(c4ccc5c(c4)-c4ccccc4C5(C)C)c4ccc5ccccc5c4-c4cccc5c4C(C)(C)c4ccccc4-5)cc3)cc2)cc1. The summed E-state index contributed by atoms with van der Waals surface area (Å²) in [5.74, 6) is 0. The van der Waals surface area contributed by atoms with E-state index in [1.807, 2.05) is 0 Å². The molecule has 0 aromatic heterocycles. The van der Waals surface area contributed by atoms with Gasteiger partial charge in [0, 0.05) is 27.8 Å². The molecule has 2 aliphatic rings. The minimum Gasteiger partial charge on any atom is -0.310 e. The van der Waals surface area contributed by atoms with Crippen LogP contribution in [0.3, 0.4) is 0 Å². The number of fused-ring (bicyclic) bond motifs is 7. The fourth-order valence-electron chi connectivity index (χ4n) is 10.9. The van der Waals surface area contributed by atoms with Crippen LogP contribution in [-0.4, -0.2) is 0 Å². The van der Waals surface area contributed by atoms with Crippen LogP contribution in [0.1, 0.15) is 76.3 Å². The van der Waals surface area contributed by atoms with Crippen molar-refractivity contribution >= 4 is 27.8 Å². The Morgan fingerprint density at radius 1 is 0.381 bits per heavy atom. The van der Waals surface area contributed by atoms with Crippen LogP contribution >= 0.6 is 0 Å². The van der Waals surface area contributed by atoms with Crippen molar-refractivity contribution in [2.45, 2.75) is 64.7 Å². The van der Waals surface area contributed by atoms with Crippen LogP contribution in [0, 0.1) is 0 Å². The molecule has 11 rings (SSSR count). The molecule has 0 radical (unpaired) electrons. The molecular weight excluding hydrogens is 759 g/mol. The maximum Gasteiger partial charge on any atom is 0.0546 e. The first-order chi connectivity index (χ1) is 30.4. The van der Waals surface area contributed by atoms with Crippen LogP contribution < -0.4 is 4.90 Å². The van der Waals surface area contributed by atoms with Crippen molar-refractivity contribution in [3.8, 4) is 55.6 Å². The molecule has 0 heterocycles. The lowest BCUT2D eigenvalue weighted by Crippen LogP contribution is -2.17. The Labute approximate surface area is 373 Å².